The first-order valence-corrected chi connectivity index (χ1v) is 6.95. The van der Waals surface area contributed by atoms with E-state index in [0.29, 0.717) is 5.56 Å². The molecule has 0 N–H and O–H groups in total. The van der Waals surface area contributed by atoms with Crippen LogP contribution in [-0.2, 0) is 0 Å². The van der Waals surface area contributed by atoms with Gasteiger partial charge in [0.05, 0.1) is 0 Å². The van der Waals surface area contributed by atoms with Crippen molar-refractivity contribution in [2.24, 2.45) is 0 Å². The van der Waals surface area contributed by atoms with Crippen LogP contribution in [0.1, 0.15) is 9.68 Å². The van der Waals surface area contributed by atoms with Crippen LogP contribution < -0.4 is 4.90 Å². The predicted molar refractivity (Wildman–Crippen MR) is 91.1 cm³/mol. The van der Waals surface area contributed by atoms with Crippen molar-refractivity contribution >= 4 is 11.4 Å². The molecule has 3 aromatic rings. The summed E-state index contributed by atoms with van der Waals surface area (Å²) in [6.45, 7) is -2.06. The SMILES string of the molecule is [2H]C([2H])([2H])c1ccc(N(C)c2ccc(-c3ccccc3)cc2)cc1. The standard InChI is InChI=1S/C20H19N/c1-16-8-12-19(13-9-16)21(2)20-14-10-18(11-15-20)17-6-4-3-5-7-17/h3-15H,1-2H3/i1D3. The Kier molecular flexibility index (Phi) is 2.84. The normalized spacial score (nSPS) is 13.1. The molecule has 3 aromatic carbocycles. The van der Waals surface area contributed by atoms with Gasteiger partial charge in [0.2, 0.25) is 0 Å². The smallest absolute Gasteiger partial charge is 0.0408 e. The Morgan fingerprint density at radius 1 is 0.667 bits per heavy atom. The molecule has 1 nitrogen and oxygen atoms in total. The highest BCUT2D eigenvalue weighted by atomic mass is 15.1. The van der Waals surface area contributed by atoms with Crippen LogP contribution in [0.3, 0.4) is 0 Å². The quantitative estimate of drug-likeness (QED) is 0.616. The van der Waals surface area contributed by atoms with Gasteiger partial charge in [-0.25, -0.2) is 0 Å². The summed E-state index contributed by atoms with van der Waals surface area (Å²) in [6.07, 6.45) is 0. The van der Waals surface area contributed by atoms with E-state index in [1.165, 1.54) is 11.1 Å². The fourth-order valence-electron chi connectivity index (χ4n) is 2.34. The van der Waals surface area contributed by atoms with Crippen molar-refractivity contribution in [2.45, 2.75) is 6.85 Å². The fourth-order valence-corrected chi connectivity index (χ4v) is 2.34. The van der Waals surface area contributed by atoms with Gasteiger partial charge in [-0.05, 0) is 42.2 Å². The first-order chi connectivity index (χ1) is 11.4. The van der Waals surface area contributed by atoms with Gasteiger partial charge in [0, 0.05) is 22.5 Å². The summed E-state index contributed by atoms with van der Waals surface area (Å²) < 4.78 is 22.3. The van der Waals surface area contributed by atoms with Crippen molar-refractivity contribution in [3.8, 4) is 11.1 Å². The summed E-state index contributed by atoms with van der Waals surface area (Å²) in [7, 11) is 1.97. The van der Waals surface area contributed by atoms with Crippen molar-refractivity contribution in [3.63, 3.8) is 0 Å². The van der Waals surface area contributed by atoms with Crippen molar-refractivity contribution in [2.75, 3.05) is 11.9 Å². The van der Waals surface area contributed by atoms with E-state index in [-0.39, 0.29) is 0 Å². The molecule has 0 saturated carbocycles. The summed E-state index contributed by atoms with van der Waals surface area (Å²) in [4.78, 5) is 2.04. The maximum atomic E-state index is 7.44. The number of anilines is 2. The number of rotatable bonds is 3. The van der Waals surface area contributed by atoms with Crippen molar-refractivity contribution in [3.05, 3.63) is 84.4 Å². The summed E-state index contributed by atoms with van der Waals surface area (Å²) in [5.74, 6) is 0. The molecule has 21 heavy (non-hydrogen) atoms. The van der Waals surface area contributed by atoms with Crippen molar-refractivity contribution < 1.29 is 4.11 Å². The van der Waals surface area contributed by atoms with Gasteiger partial charge in [-0.2, -0.15) is 0 Å². The number of benzene rings is 3. The second-order valence-electron chi connectivity index (χ2n) is 5.02. The molecular weight excluding hydrogens is 254 g/mol. The molecule has 0 aromatic heterocycles. The van der Waals surface area contributed by atoms with Gasteiger partial charge in [-0.15, -0.1) is 0 Å². The summed E-state index contributed by atoms with van der Waals surface area (Å²) in [6, 6.07) is 25.6. The van der Waals surface area contributed by atoms with Crippen LogP contribution >= 0.6 is 0 Å². The van der Waals surface area contributed by atoms with E-state index in [9.17, 15) is 0 Å². The molecular formula is C20H19N. The van der Waals surface area contributed by atoms with Gasteiger partial charge in [0.25, 0.3) is 0 Å². The van der Waals surface area contributed by atoms with Gasteiger partial charge in [-0.1, -0.05) is 60.2 Å². The lowest BCUT2D eigenvalue weighted by Crippen LogP contribution is -2.08. The van der Waals surface area contributed by atoms with E-state index in [2.05, 4.69) is 36.4 Å². The van der Waals surface area contributed by atoms with Crippen LogP contribution in [-0.4, -0.2) is 7.05 Å². The van der Waals surface area contributed by atoms with Crippen molar-refractivity contribution in [1.82, 2.24) is 0 Å². The topological polar surface area (TPSA) is 3.24 Å². The van der Waals surface area contributed by atoms with E-state index in [1.54, 1.807) is 12.1 Å². The van der Waals surface area contributed by atoms with Gasteiger partial charge in [-0.3, -0.25) is 0 Å². The number of hydrogen-bond donors (Lipinski definition) is 0. The molecule has 0 fully saturated rings. The second-order valence-corrected chi connectivity index (χ2v) is 5.02. The van der Waals surface area contributed by atoms with Gasteiger partial charge >= 0.3 is 0 Å². The molecule has 0 radical (unpaired) electrons. The van der Waals surface area contributed by atoms with Crippen LogP contribution in [0.2, 0.25) is 0 Å². The van der Waals surface area contributed by atoms with Crippen LogP contribution in [0.15, 0.2) is 78.9 Å². The minimum atomic E-state index is -2.06. The Morgan fingerprint density at radius 2 is 1.19 bits per heavy atom. The molecule has 0 saturated heterocycles. The summed E-state index contributed by atoms with van der Waals surface area (Å²) >= 11 is 0. The van der Waals surface area contributed by atoms with Crippen LogP contribution in [0.4, 0.5) is 11.4 Å². The lowest BCUT2D eigenvalue weighted by Gasteiger charge is -2.20. The summed E-state index contributed by atoms with van der Waals surface area (Å²) in [5, 5.41) is 0. The highest BCUT2D eigenvalue weighted by molar-refractivity contribution is 5.69. The lowest BCUT2D eigenvalue weighted by atomic mass is 10.1. The van der Waals surface area contributed by atoms with Gasteiger partial charge in [0.15, 0.2) is 0 Å². The third-order valence-corrected chi connectivity index (χ3v) is 3.62. The largest absolute Gasteiger partial charge is 0.345 e. The Bertz CT molecular complexity index is 791. The molecule has 0 aliphatic carbocycles. The van der Waals surface area contributed by atoms with E-state index in [1.807, 2.05) is 42.3 Å². The van der Waals surface area contributed by atoms with E-state index in [4.69, 9.17) is 4.11 Å². The van der Waals surface area contributed by atoms with E-state index < -0.39 is 6.85 Å². The fraction of sp³-hybridized carbons (Fsp3) is 0.100. The molecule has 0 amide bonds. The third-order valence-electron chi connectivity index (χ3n) is 3.62. The van der Waals surface area contributed by atoms with E-state index >= 15 is 0 Å². The average Bonchev–Trinajstić information content (AvgIpc) is 2.61. The first-order valence-electron chi connectivity index (χ1n) is 8.45. The highest BCUT2D eigenvalue weighted by Gasteiger charge is 2.04. The Labute approximate surface area is 130 Å². The molecule has 104 valence electrons. The molecule has 0 bridgehead atoms. The highest BCUT2D eigenvalue weighted by Crippen LogP contribution is 2.27. The van der Waals surface area contributed by atoms with E-state index in [0.717, 1.165) is 11.4 Å². The third kappa shape index (κ3) is 2.97. The van der Waals surface area contributed by atoms with Gasteiger partial charge in [0.1, 0.15) is 0 Å². The molecule has 0 unspecified atom stereocenters. The number of nitrogens with zero attached hydrogens (tertiary/aromatic N) is 1. The molecule has 0 aliphatic rings. The lowest BCUT2D eigenvalue weighted by molar-refractivity contribution is 1.20. The monoisotopic (exact) mass is 276 g/mol. The minimum Gasteiger partial charge on any atom is -0.345 e. The zero-order valence-corrected chi connectivity index (χ0v) is 12.0. The maximum Gasteiger partial charge on any atom is 0.0408 e. The van der Waals surface area contributed by atoms with Gasteiger partial charge < -0.3 is 4.90 Å². The number of hydrogen-bond acceptors (Lipinski definition) is 1. The minimum absolute atomic E-state index is 0.360. The maximum absolute atomic E-state index is 7.44. The van der Waals surface area contributed by atoms with Crippen LogP contribution in [0.5, 0.6) is 0 Å². The molecule has 1 heteroatoms. The molecule has 3 rings (SSSR count). The number of aryl methyl sites for hydroxylation is 1. The Hall–Kier alpha value is -2.54. The zero-order chi connectivity index (χ0) is 17.2. The molecule has 0 spiro atoms. The van der Waals surface area contributed by atoms with Crippen molar-refractivity contribution in [1.29, 1.82) is 0 Å². The molecule has 0 heterocycles. The first kappa shape index (κ1) is 10.2. The zero-order valence-electron chi connectivity index (χ0n) is 15.0. The Morgan fingerprint density at radius 3 is 1.76 bits per heavy atom. The molecule has 0 aliphatic heterocycles. The average molecular weight is 276 g/mol. The second kappa shape index (κ2) is 5.84. The van der Waals surface area contributed by atoms with Crippen LogP contribution in [0.25, 0.3) is 11.1 Å². The Balaban J connectivity index is 1.81. The summed E-state index contributed by atoms with van der Waals surface area (Å²) in [5.41, 5.74) is 4.73. The van der Waals surface area contributed by atoms with Crippen LogP contribution in [0, 0.1) is 6.85 Å². The molecule has 0 atom stereocenters. The predicted octanol–water partition coefficient (Wildman–Crippen LogP) is 5.43.